The Morgan fingerprint density at radius 2 is 1.59 bits per heavy atom. The van der Waals surface area contributed by atoms with Gasteiger partial charge in [0.05, 0.1) is 11.5 Å². The molecule has 2 aliphatic rings. The molecule has 2 heterocycles. The first kappa shape index (κ1) is 32.9. The average molecular weight is 636 g/mol. The monoisotopic (exact) mass is 635 g/mol. The average Bonchev–Trinajstić information content (AvgIpc) is 3.15. The zero-order valence-electron chi connectivity index (χ0n) is 20.3. The molecule has 1 aromatic carbocycles. The zero-order valence-corrected chi connectivity index (χ0v) is 21.9. The van der Waals surface area contributed by atoms with Crippen LogP contribution in [0.1, 0.15) is 0 Å². The smallest absolute Gasteiger partial charge is 0.397 e. The molecule has 0 saturated carbocycles. The number of nitrogens with one attached hydrogen (secondary N) is 2. The number of hydrogen-bond donors (Lipinski definition) is 8. The van der Waals surface area contributed by atoms with Crippen LogP contribution in [0.5, 0.6) is 0 Å². The number of hydrogen-bond acceptors (Lipinski definition) is 17. The van der Waals surface area contributed by atoms with Crippen LogP contribution >= 0.6 is 0 Å². The van der Waals surface area contributed by atoms with Gasteiger partial charge in [-0.25, -0.2) is 18.6 Å². The molecule has 0 radical (unpaired) electrons. The molecular formula is C18H25N3O18S2. The summed E-state index contributed by atoms with van der Waals surface area (Å²) in [5.41, 5.74) is 5.44. The molecule has 0 aromatic heterocycles. The van der Waals surface area contributed by atoms with E-state index in [9.17, 15) is 52.2 Å². The second-order valence-corrected chi connectivity index (χ2v) is 10.7. The lowest BCUT2D eigenvalue weighted by Gasteiger charge is -2.41. The topological polar surface area (TPSA) is 320 Å². The minimum atomic E-state index is -5.36. The number of carboxylic acid groups (broad SMARTS) is 1. The van der Waals surface area contributed by atoms with Gasteiger partial charge in [-0.05, 0) is 12.1 Å². The van der Waals surface area contributed by atoms with E-state index in [-0.39, 0.29) is 12.2 Å². The first-order chi connectivity index (χ1) is 19.0. The SMILES string of the molecule is O=C(O)[C@@H]1O[C@@H](O[C@H]2[C@H](O)[C@@H](CNNc3ccc([N+](=O)[O-])cc3)O[C@@H]2COS(=O)(=O)O)[C@H](OS(=O)(=O)O)[C@@H](O)[C@@H]1O. The number of aliphatic hydroxyl groups is 3. The van der Waals surface area contributed by atoms with E-state index in [0.29, 0.717) is 5.69 Å². The third-order valence-corrected chi connectivity index (χ3v) is 6.64. The van der Waals surface area contributed by atoms with Crippen molar-refractivity contribution in [3.05, 3.63) is 34.4 Å². The summed E-state index contributed by atoms with van der Waals surface area (Å²) in [7, 11) is -10.4. The number of anilines is 1. The van der Waals surface area contributed by atoms with Crippen molar-refractivity contribution < 1.29 is 78.7 Å². The molecule has 1 aromatic rings. The highest BCUT2D eigenvalue weighted by Crippen LogP contribution is 2.32. The summed E-state index contributed by atoms with van der Waals surface area (Å²) < 4.78 is 87.3. The highest BCUT2D eigenvalue weighted by atomic mass is 32.3. The van der Waals surface area contributed by atoms with Crippen molar-refractivity contribution >= 4 is 38.1 Å². The summed E-state index contributed by atoms with van der Waals surface area (Å²) in [5, 5.41) is 51.2. The Bertz CT molecular complexity index is 1290. The van der Waals surface area contributed by atoms with E-state index in [2.05, 4.69) is 19.2 Å². The number of aliphatic hydroxyl groups excluding tert-OH is 3. The molecule has 8 N–H and O–H groups in total. The number of rotatable bonds is 13. The van der Waals surface area contributed by atoms with E-state index in [1.807, 2.05) is 0 Å². The molecule has 2 saturated heterocycles. The number of non-ortho nitro benzene ring substituents is 1. The zero-order chi connectivity index (χ0) is 30.7. The third kappa shape index (κ3) is 8.92. The van der Waals surface area contributed by atoms with Gasteiger partial charge < -0.3 is 40.1 Å². The van der Waals surface area contributed by atoms with Crippen molar-refractivity contribution in [2.24, 2.45) is 0 Å². The van der Waals surface area contributed by atoms with Crippen LogP contribution in [-0.4, -0.2) is 126 Å². The highest BCUT2D eigenvalue weighted by molar-refractivity contribution is 7.81. The van der Waals surface area contributed by atoms with Gasteiger partial charge >= 0.3 is 26.8 Å². The molecule has 0 amide bonds. The first-order valence-electron chi connectivity index (χ1n) is 11.2. The number of ether oxygens (including phenoxy) is 3. The Balaban J connectivity index is 1.78. The van der Waals surface area contributed by atoms with Crippen LogP contribution in [-0.2, 0) is 48.2 Å². The molecule has 0 bridgehead atoms. The Hall–Kier alpha value is -2.65. The van der Waals surface area contributed by atoms with Gasteiger partial charge in [-0.15, -0.1) is 0 Å². The van der Waals surface area contributed by atoms with Crippen molar-refractivity contribution in [3.8, 4) is 0 Å². The number of nitrogens with zero attached hydrogens (tertiary/aromatic N) is 1. The number of aliphatic carboxylic acids is 1. The Morgan fingerprint density at radius 3 is 2.12 bits per heavy atom. The predicted octanol–water partition coefficient (Wildman–Crippen LogP) is -3.44. The number of carbonyl (C=O) groups is 1. The molecule has 0 spiro atoms. The van der Waals surface area contributed by atoms with E-state index >= 15 is 0 Å². The molecule has 3 rings (SSSR count). The molecule has 2 aliphatic heterocycles. The van der Waals surface area contributed by atoms with E-state index in [4.69, 9.17) is 23.3 Å². The molecule has 9 atom stereocenters. The second-order valence-electron chi connectivity index (χ2n) is 8.56. The van der Waals surface area contributed by atoms with E-state index in [0.717, 1.165) is 0 Å². The van der Waals surface area contributed by atoms with Gasteiger partial charge in [-0.1, -0.05) is 0 Å². The van der Waals surface area contributed by atoms with Crippen molar-refractivity contribution in [3.63, 3.8) is 0 Å². The van der Waals surface area contributed by atoms with Gasteiger partial charge in [0.2, 0.25) is 0 Å². The molecule has 21 nitrogen and oxygen atoms in total. The van der Waals surface area contributed by atoms with Gasteiger partial charge in [-0.3, -0.25) is 19.2 Å². The van der Waals surface area contributed by atoms with Gasteiger partial charge in [0.1, 0.15) is 36.6 Å². The van der Waals surface area contributed by atoms with Gasteiger partial charge in [0.25, 0.3) is 5.69 Å². The number of benzene rings is 1. The lowest BCUT2D eigenvalue weighted by atomic mass is 9.98. The van der Waals surface area contributed by atoms with Gasteiger partial charge in [-0.2, -0.15) is 16.8 Å². The minimum Gasteiger partial charge on any atom is -0.479 e. The van der Waals surface area contributed by atoms with Crippen LogP contribution in [0.25, 0.3) is 0 Å². The molecule has 41 heavy (non-hydrogen) atoms. The fourth-order valence-corrected chi connectivity index (χ4v) is 4.70. The fourth-order valence-electron chi connectivity index (χ4n) is 3.91. The summed E-state index contributed by atoms with van der Waals surface area (Å²) in [6.07, 6.45) is -17.7. The standard InChI is InChI=1S/C18H25N3O18S2/c22-11-9(5-19-20-7-1-3-8(4-2-7)21(27)28)36-10(6-35-40(29,30)31)14(11)37-18-16(39-41(32,33)34)13(24)12(23)15(38-18)17(25)26/h1-4,9-16,18-20,22-24H,5-6H2,(H,25,26)(H,29,30,31)(H,32,33,34)/t9-,10-,11-,12+,13+,14-,15-,16-,18-/m1/s1. The first-order valence-corrected chi connectivity index (χ1v) is 13.9. The Morgan fingerprint density at radius 1 is 0.951 bits per heavy atom. The highest BCUT2D eigenvalue weighted by Gasteiger charge is 2.54. The molecule has 2 fully saturated rings. The van der Waals surface area contributed by atoms with Crippen molar-refractivity contribution in [2.75, 3.05) is 18.6 Å². The lowest BCUT2D eigenvalue weighted by molar-refractivity contribution is -0.384. The number of nitro benzene ring substituents is 1. The number of carboxylic acids is 1. The molecule has 0 aliphatic carbocycles. The quantitative estimate of drug-likeness (QED) is 0.0593. The minimum absolute atomic E-state index is 0.184. The van der Waals surface area contributed by atoms with Crippen molar-refractivity contribution in [1.29, 1.82) is 0 Å². The summed E-state index contributed by atoms with van der Waals surface area (Å²) in [4.78, 5) is 21.6. The fraction of sp³-hybridized carbons (Fsp3) is 0.611. The van der Waals surface area contributed by atoms with E-state index < -0.39 is 93.4 Å². The van der Waals surface area contributed by atoms with Crippen LogP contribution in [0, 0.1) is 10.1 Å². The Kier molecular flexibility index (Phi) is 10.5. The Labute approximate surface area is 230 Å². The summed E-state index contributed by atoms with van der Waals surface area (Å²) in [6.45, 7) is -1.28. The third-order valence-electron chi connectivity index (χ3n) is 5.74. The molecule has 0 unspecified atom stereocenters. The maximum atomic E-state index is 11.5. The van der Waals surface area contributed by atoms with E-state index in [1.165, 1.54) is 24.3 Å². The summed E-state index contributed by atoms with van der Waals surface area (Å²) >= 11 is 0. The van der Waals surface area contributed by atoms with Crippen molar-refractivity contribution in [1.82, 2.24) is 5.43 Å². The van der Waals surface area contributed by atoms with Crippen LogP contribution in [0.2, 0.25) is 0 Å². The molecule has 23 heteroatoms. The predicted molar refractivity (Wildman–Crippen MR) is 126 cm³/mol. The largest absolute Gasteiger partial charge is 0.479 e. The number of hydrazine groups is 1. The molecule has 232 valence electrons. The normalized spacial score (nSPS) is 32.5. The van der Waals surface area contributed by atoms with Crippen LogP contribution in [0.15, 0.2) is 24.3 Å². The maximum absolute atomic E-state index is 11.5. The molecular weight excluding hydrogens is 610 g/mol. The summed E-state index contributed by atoms with van der Waals surface area (Å²) in [6, 6.07) is 5.09. The second kappa shape index (κ2) is 13.1. The van der Waals surface area contributed by atoms with Crippen LogP contribution in [0.4, 0.5) is 11.4 Å². The van der Waals surface area contributed by atoms with E-state index in [1.54, 1.807) is 0 Å². The van der Waals surface area contributed by atoms with Gasteiger partial charge in [0, 0.05) is 24.4 Å². The number of nitro groups is 1. The van der Waals surface area contributed by atoms with Crippen LogP contribution in [0.3, 0.4) is 0 Å². The van der Waals surface area contributed by atoms with Gasteiger partial charge in [0.15, 0.2) is 18.5 Å². The summed E-state index contributed by atoms with van der Waals surface area (Å²) in [5.74, 6) is -1.83. The van der Waals surface area contributed by atoms with Crippen LogP contribution < -0.4 is 10.9 Å². The lowest BCUT2D eigenvalue weighted by Crippen LogP contribution is -2.62. The van der Waals surface area contributed by atoms with Crippen molar-refractivity contribution in [2.45, 2.75) is 55.1 Å². The maximum Gasteiger partial charge on any atom is 0.397 e.